The summed E-state index contributed by atoms with van der Waals surface area (Å²) in [5.74, 6) is -0.581. The van der Waals surface area contributed by atoms with Crippen LogP contribution in [0, 0.1) is 6.92 Å². The number of amides is 3. The normalized spacial score (nSPS) is 10.2. The maximum Gasteiger partial charge on any atom is 0.264 e. The van der Waals surface area contributed by atoms with Gasteiger partial charge in [0.25, 0.3) is 5.91 Å². The van der Waals surface area contributed by atoms with Crippen LogP contribution in [-0.4, -0.2) is 36.2 Å². The summed E-state index contributed by atoms with van der Waals surface area (Å²) < 4.78 is 0. The lowest BCUT2D eigenvalue weighted by Gasteiger charge is -2.17. The molecule has 3 amide bonds. The van der Waals surface area contributed by atoms with Crippen molar-refractivity contribution in [3.63, 3.8) is 0 Å². The molecule has 2 N–H and O–H groups in total. The van der Waals surface area contributed by atoms with E-state index in [0.717, 1.165) is 5.56 Å². The van der Waals surface area contributed by atoms with Gasteiger partial charge in [0.05, 0.1) is 11.4 Å². The molecule has 132 valence electrons. The van der Waals surface area contributed by atoms with Crippen molar-refractivity contribution in [3.8, 4) is 0 Å². The second-order valence-electron chi connectivity index (χ2n) is 5.62. The molecule has 0 bridgehead atoms. The molecule has 0 unspecified atom stereocenters. The highest BCUT2D eigenvalue weighted by Crippen LogP contribution is 2.20. The number of carbonyl (C=O) groups is 3. The first-order valence-corrected chi connectivity index (χ1v) is 8.78. The Bertz CT molecular complexity index is 772. The van der Waals surface area contributed by atoms with E-state index in [1.54, 1.807) is 38.2 Å². The molecule has 25 heavy (non-hydrogen) atoms. The van der Waals surface area contributed by atoms with Gasteiger partial charge in [0.2, 0.25) is 11.8 Å². The third kappa shape index (κ3) is 5.15. The van der Waals surface area contributed by atoms with Crippen LogP contribution < -0.4 is 10.6 Å². The maximum absolute atomic E-state index is 12.2. The first-order chi connectivity index (χ1) is 11.9. The Balaban J connectivity index is 2.01. The molecule has 0 saturated carbocycles. The van der Waals surface area contributed by atoms with Crippen LogP contribution in [0.25, 0.3) is 0 Å². The molecule has 0 radical (unpaired) electrons. The van der Waals surface area contributed by atoms with Crippen LogP contribution in [0.3, 0.4) is 0 Å². The van der Waals surface area contributed by atoms with Crippen molar-refractivity contribution in [1.82, 2.24) is 4.90 Å². The van der Waals surface area contributed by atoms with Gasteiger partial charge < -0.3 is 15.5 Å². The molecule has 0 aliphatic carbocycles. The highest BCUT2D eigenvalue weighted by molar-refractivity contribution is 7.12. The molecule has 0 spiro atoms. The van der Waals surface area contributed by atoms with Gasteiger partial charge in [-0.1, -0.05) is 19.1 Å². The maximum atomic E-state index is 12.2. The molecular formula is C18H21N3O3S. The molecule has 0 fully saturated rings. The van der Waals surface area contributed by atoms with Crippen molar-refractivity contribution in [2.75, 3.05) is 24.2 Å². The standard InChI is InChI=1S/C18H21N3O3S/c1-4-16(22)19-13-8-7-12(2)14(10-13)20-17(23)11-21(3)18(24)15-6-5-9-25-15/h5-10H,4,11H2,1-3H3,(H,19,22)(H,20,23). The summed E-state index contributed by atoms with van der Waals surface area (Å²) >= 11 is 1.34. The molecule has 0 saturated heterocycles. The molecule has 0 aliphatic heterocycles. The lowest BCUT2D eigenvalue weighted by atomic mass is 10.1. The molecule has 1 aromatic carbocycles. The summed E-state index contributed by atoms with van der Waals surface area (Å²) in [6, 6.07) is 8.84. The van der Waals surface area contributed by atoms with Crippen LogP contribution in [0.2, 0.25) is 0 Å². The Morgan fingerprint density at radius 1 is 1.12 bits per heavy atom. The van der Waals surface area contributed by atoms with E-state index in [1.165, 1.54) is 16.2 Å². The number of nitrogens with zero attached hydrogens (tertiary/aromatic N) is 1. The van der Waals surface area contributed by atoms with Crippen LogP contribution >= 0.6 is 11.3 Å². The van der Waals surface area contributed by atoms with Crippen molar-refractivity contribution in [2.24, 2.45) is 0 Å². The molecule has 6 nitrogen and oxygen atoms in total. The van der Waals surface area contributed by atoms with Crippen LogP contribution in [0.4, 0.5) is 11.4 Å². The van der Waals surface area contributed by atoms with Gasteiger partial charge in [-0.15, -0.1) is 11.3 Å². The van der Waals surface area contributed by atoms with E-state index in [-0.39, 0.29) is 24.3 Å². The average Bonchev–Trinajstić information content (AvgIpc) is 3.11. The van der Waals surface area contributed by atoms with Gasteiger partial charge in [-0.3, -0.25) is 14.4 Å². The largest absolute Gasteiger partial charge is 0.332 e. The third-order valence-corrected chi connectivity index (χ3v) is 4.43. The zero-order chi connectivity index (χ0) is 18.4. The van der Waals surface area contributed by atoms with Gasteiger partial charge in [0, 0.05) is 24.8 Å². The predicted octanol–water partition coefficient (Wildman–Crippen LogP) is 3.12. The SMILES string of the molecule is CCC(=O)Nc1ccc(C)c(NC(=O)CN(C)C(=O)c2cccs2)c1. The summed E-state index contributed by atoms with van der Waals surface area (Å²) in [6.07, 6.45) is 0.380. The Labute approximate surface area is 150 Å². The van der Waals surface area contributed by atoms with Crippen molar-refractivity contribution < 1.29 is 14.4 Å². The van der Waals surface area contributed by atoms with E-state index in [2.05, 4.69) is 10.6 Å². The Morgan fingerprint density at radius 2 is 1.88 bits per heavy atom. The van der Waals surface area contributed by atoms with Gasteiger partial charge in [0.1, 0.15) is 0 Å². The van der Waals surface area contributed by atoms with Crippen LogP contribution in [0.1, 0.15) is 28.6 Å². The molecule has 2 aromatic rings. The lowest BCUT2D eigenvalue weighted by Crippen LogP contribution is -2.34. The number of benzene rings is 1. The topological polar surface area (TPSA) is 78.5 Å². The summed E-state index contributed by atoms with van der Waals surface area (Å²) in [6.45, 7) is 3.58. The number of nitrogens with one attached hydrogen (secondary N) is 2. The Kier molecular flexibility index (Phi) is 6.30. The van der Waals surface area contributed by atoms with Gasteiger partial charge in [-0.2, -0.15) is 0 Å². The fourth-order valence-corrected chi connectivity index (χ4v) is 2.87. The first kappa shape index (κ1) is 18.7. The average molecular weight is 359 g/mol. The minimum absolute atomic E-state index is 0.0538. The number of likely N-dealkylation sites (N-methyl/N-ethyl adjacent to an activating group) is 1. The third-order valence-electron chi connectivity index (χ3n) is 3.58. The number of hydrogen-bond acceptors (Lipinski definition) is 4. The number of hydrogen-bond donors (Lipinski definition) is 2. The quantitative estimate of drug-likeness (QED) is 0.832. The van der Waals surface area contributed by atoms with E-state index in [9.17, 15) is 14.4 Å². The van der Waals surface area contributed by atoms with Gasteiger partial charge in [-0.05, 0) is 36.1 Å². The van der Waals surface area contributed by atoms with Crippen LogP contribution in [-0.2, 0) is 9.59 Å². The van der Waals surface area contributed by atoms with E-state index in [4.69, 9.17) is 0 Å². The molecular weight excluding hydrogens is 338 g/mol. The summed E-state index contributed by atoms with van der Waals surface area (Å²) in [5, 5.41) is 7.37. The number of anilines is 2. The fourth-order valence-electron chi connectivity index (χ4n) is 2.15. The predicted molar refractivity (Wildman–Crippen MR) is 100 cm³/mol. The molecule has 1 heterocycles. The van der Waals surface area contributed by atoms with Crippen molar-refractivity contribution in [1.29, 1.82) is 0 Å². The van der Waals surface area contributed by atoms with E-state index in [1.807, 2.05) is 18.4 Å². The van der Waals surface area contributed by atoms with Crippen molar-refractivity contribution in [2.45, 2.75) is 20.3 Å². The first-order valence-electron chi connectivity index (χ1n) is 7.90. The molecule has 0 atom stereocenters. The van der Waals surface area contributed by atoms with Gasteiger partial charge in [0.15, 0.2) is 0 Å². The second kappa shape index (κ2) is 8.43. The molecule has 2 rings (SSSR count). The van der Waals surface area contributed by atoms with E-state index >= 15 is 0 Å². The Morgan fingerprint density at radius 3 is 2.52 bits per heavy atom. The van der Waals surface area contributed by atoms with Crippen LogP contribution in [0.5, 0.6) is 0 Å². The van der Waals surface area contributed by atoms with Crippen molar-refractivity contribution in [3.05, 3.63) is 46.2 Å². The second-order valence-corrected chi connectivity index (χ2v) is 6.57. The minimum atomic E-state index is -0.297. The Hall–Kier alpha value is -2.67. The van der Waals surface area contributed by atoms with Gasteiger partial charge >= 0.3 is 0 Å². The molecule has 7 heteroatoms. The fraction of sp³-hybridized carbons (Fsp3) is 0.278. The minimum Gasteiger partial charge on any atom is -0.332 e. The molecule has 0 aliphatic rings. The number of rotatable bonds is 6. The highest BCUT2D eigenvalue weighted by atomic mass is 32.1. The van der Waals surface area contributed by atoms with E-state index < -0.39 is 0 Å². The summed E-state index contributed by atoms with van der Waals surface area (Å²) in [7, 11) is 1.59. The zero-order valence-electron chi connectivity index (χ0n) is 14.5. The summed E-state index contributed by atoms with van der Waals surface area (Å²) in [4.78, 5) is 37.9. The van der Waals surface area contributed by atoms with Gasteiger partial charge in [-0.25, -0.2) is 0 Å². The smallest absolute Gasteiger partial charge is 0.264 e. The number of carbonyl (C=O) groups excluding carboxylic acids is 3. The van der Waals surface area contributed by atoms with E-state index in [0.29, 0.717) is 22.7 Å². The monoisotopic (exact) mass is 359 g/mol. The lowest BCUT2D eigenvalue weighted by molar-refractivity contribution is -0.117. The number of aryl methyl sites for hydroxylation is 1. The van der Waals surface area contributed by atoms with Crippen LogP contribution in [0.15, 0.2) is 35.7 Å². The van der Waals surface area contributed by atoms with Crippen molar-refractivity contribution >= 4 is 40.4 Å². The highest BCUT2D eigenvalue weighted by Gasteiger charge is 2.16. The summed E-state index contributed by atoms with van der Waals surface area (Å²) in [5.41, 5.74) is 2.10. The molecule has 1 aromatic heterocycles. The number of thiophene rings is 1. The zero-order valence-corrected chi connectivity index (χ0v) is 15.3.